The van der Waals surface area contributed by atoms with Gasteiger partial charge in [0.15, 0.2) is 15.8 Å². The largest absolute Gasteiger partial charge is 0.507 e. The number of hydrogen-bond acceptors (Lipinski definition) is 10. The molecule has 46 heavy (non-hydrogen) atoms. The lowest BCUT2D eigenvalue weighted by Gasteiger charge is -2.23. The van der Waals surface area contributed by atoms with E-state index in [1.165, 1.54) is 28.0 Å². The van der Waals surface area contributed by atoms with Crippen molar-refractivity contribution in [2.75, 3.05) is 24.7 Å². The SMILES string of the molecule is CCCCCOc1ccc(C2/C(=C(\O)c3ccc4c(c3)OCCO4)C(=O)C(=O)N2c2nnc(SCc3ccc(Cl)cc3Cl)s2)cc1. The summed E-state index contributed by atoms with van der Waals surface area (Å²) in [6.07, 6.45) is 3.10. The van der Waals surface area contributed by atoms with E-state index in [-0.39, 0.29) is 16.5 Å². The van der Waals surface area contributed by atoms with Crippen LogP contribution in [-0.4, -0.2) is 46.8 Å². The van der Waals surface area contributed by atoms with Crippen LogP contribution in [0, 0.1) is 0 Å². The molecule has 3 aromatic carbocycles. The topological polar surface area (TPSA) is 111 Å². The van der Waals surface area contributed by atoms with E-state index in [4.69, 9.17) is 37.4 Å². The molecule has 6 rings (SSSR count). The third-order valence-electron chi connectivity index (χ3n) is 7.44. The Kier molecular flexibility index (Phi) is 10.0. The van der Waals surface area contributed by atoms with Crippen LogP contribution in [0.2, 0.25) is 10.0 Å². The zero-order chi connectivity index (χ0) is 32.2. The summed E-state index contributed by atoms with van der Waals surface area (Å²) in [4.78, 5) is 28.6. The molecule has 2 aliphatic rings. The Morgan fingerprint density at radius 1 is 1.02 bits per heavy atom. The Morgan fingerprint density at radius 2 is 1.80 bits per heavy atom. The molecule has 0 spiro atoms. The second-order valence-corrected chi connectivity index (χ2v) is 13.5. The van der Waals surface area contributed by atoms with Crippen LogP contribution in [0.3, 0.4) is 0 Å². The van der Waals surface area contributed by atoms with Crippen molar-refractivity contribution in [1.82, 2.24) is 10.2 Å². The van der Waals surface area contributed by atoms with Crippen molar-refractivity contribution < 1.29 is 28.9 Å². The number of Topliss-reactive ketones (excluding diaryl/α,β-unsaturated/α-hetero) is 1. The van der Waals surface area contributed by atoms with Crippen LogP contribution in [-0.2, 0) is 15.3 Å². The Labute approximate surface area is 284 Å². The van der Waals surface area contributed by atoms with E-state index in [9.17, 15) is 14.7 Å². The summed E-state index contributed by atoms with van der Waals surface area (Å²) < 4.78 is 17.8. The molecule has 2 aliphatic heterocycles. The number of nitrogens with zero attached hydrogens (tertiary/aromatic N) is 3. The average molecular weight is 699 g/mol. The van der Waals surface area contributed by atoms with Crippen molar-refractivity contribution in [1.29, 1.82) is 0 Å². The summed E-state index contributed by atoms with van der Waals surface area (Å²) in [5.74, 6) is 0.146. The number of aromatic nitrogens is 2. The van der Waals surface area contributed by atoms with Gasteiger partial charge in [-0.2, -0.15) is 0 Å². The van der Waals surface area contributed by atoms with Crippen molar-refractivity contribution in [2.24, 2.45) is 0 Å². The summed E-state index contributed by atoms with van der Waals surface area (Å²) in [6.45, 7) is 3.49. The molecule has 0 saturated carbocycles. The number of aliphatic hydroxyl groups excluding tert-OH is 1. The van der Waals surface area contributed by atoms with Crippen molar-refractivity contribution >= 4 is 68.9 Å². The monoisotopic (exact) mass is 697 g/mol. The number of hydrogen-bond donors (Lipinski definition) is 1. The van der Waals surface area contributed by atoms with Crippen LogP contribution < -0.4 is 19.1 Å². The van der Waals surface area contributed by atoms with Gasteiger partial charge in [-0.3, -0.25) is 14.5 Å². The van der Waals surface area contributed by atoms with E-state index >= 15 is 0 Å². The van der Waals surface area contributed by atoms with Gasteiger partial charge in [0.1, 0.15) is 24.7 Å². The van der Waals surface area contributed by atoms with Gasteiger partial charge in [-0.1, -0.05) is 84.3 Å². The fraction of sp³-hybridized carbons (Fsp3) is 0.273. The van der Waals surface area contributed by atoms with Crippen molar-refractivity contribution in [3.63, 3.8) is 0 Å². The average Bonchev–Trinajstić information content (AvgIpc) is 3.64. The molecule has 0 bridgehead atoms. The third kappa shape index (κ3) is 6.83. The Morgan fingerprint density at radius 3 is 2.57 bits per heavy atom. The highest BCUT2D eigenvalue weighted by Gasteiger charge is 2.48. The molecular formula is C33H29Cl2N3O6S2. The summed E-state index contributed by atoms with van der Waals surface area (Å²) in [7, 11) is 0. The molecule has 3 heterocycles. The van der Waals surface area contributed by atoms with Gasteiger partial charge in [0.05, 0.1) is 18.2 Å². The van der Waals surface area contributed by atoms with Crippen molar-refractivity contribution in [3.8, 4) is 17.2 Å². The second kappa shape index (κ2) is 14.3. The smallest absolute Gasteiger partial charge is 0.301 e. The van der Waals surface area contributed by atoms with Gasteiger partial charge in [-0.05, 0) is 60.0 Å². The highest BCUT2D eigenvalue weighted by Crippen LogP contribution is 2.45. The lowest BCUT2D eigenvalue weighted by atomic mass is 9.95. The standard InChI is InChI=1S/C33H29Cl2N3O6S2/c1-2-3-4-13-42-23-10-6-19(7-11-23)28-27(29(39)20-8-12-25-26(16-20)44-15-14-43-25)30(40)31(41)38(28)32-36-37-33(46-32)45-18-21-5-9-22(34)17-24(21)35/h5-12,16-17,28,39H,2-4,13-15,18H2,1H3/b29-27+. The van der Waals surface area contributed by atoms with Crippen LogP contribution in [0.15, 0.2) is 70.6 Å². The Hall–Kier alpha value is -3.77. The Balaban J connectivity index is 1.34. The highest BCUT2D eigenvalue weighted by molar-refractivity contribution is 8.00. The van der Waals surface area contributed by atoms with Gasteiger partial charge in [0, 0.05) is 21.4 Å². The molecule has 1 unspecified atom stereocenters. The normalized spacial score (nSPS) is 17.0. The van der Waals surface area contributed by atoms with Crippen molar-refractivity contribution in [3.05, 3.63) is 93.0 Å². The van der Waals surface area contributed by atoms with Gasteiger partial charge >= 0.3 is 5.91 Å². The van der Waals surface area contributed by atoms with Crippen LogP contribution in [0.25, 0.3) is 5.76 Å². The van der Waals surface area contributed by atoms with E-state index in [0.29, 0.717) is 68.3 Å². The predicted octanol–water partition coefficient (Wildman–Crippen LogP) is 8.10. The number of ketones is 1. The molecule has 0 radical (unpaired) electrons. The number of thioether (sulfide) groups is 1. The number of rotatable bonds is 11. The first-order valence-electron chi connectivity index (χ1n) is 14.7. The number of unbranched alkanes of at least 4 members (excludes halogenated alkanes) is 2. The number of amides is 1. The molecular weight excluding hydrogens is 669 g/mol. The number of halogens is 2. The number of benzene rings is 3. The lowest BCUT2D eigenvalue weighted by Crippen LogP contribution is -2.29. The fourth-order valence-electron chi connectivity index (χ4n) is 5.12. The zero-order valence-corrected chi connectivity index (χ0v) is 27.8. The summed E-state index contributed by atoms with van der Waals surface area (Å²) in [5.41, 5.74) is 1.70. The minimum atomic E-state index is -0.973. The zero-order valence-electron chi connectivity index (χ0n) is 24.7. The van der Waals surface area contributed by atoms with Crippen LogP contribution in [0.5, 0.6) is 17.2 Å². The molecule has 238 valence electrons. The number of anilines is 1. The van der Waals surface area contributed by atoms with Crippen LogP contribution in [0.4, 0.5) is 5.13 Å². The van der Waals surface area contributed by atoms with Gasteiger partial charge in [0.25, 0.3) is 5.78 Å². The van der Waals surface area contributed by atoms with Gasteiger partial charge in [-0.25, -0.2) is 0 Å². The number of fused-ring (bicyclic) bond motifs is 1. The summed E-state index contributed by atoms with van der Waals surface area (Å²) in [5, 5.41) is 21.5. The van der Waals surface area contributed by atoms with Crippen LogP contribution >= 0.6 is 46.3 Å². The molecule has 1 N–H and O–H groups in total. The molecule has 1 amide bonds. The van der Waals surface area contributed by atoms with E-state index in [1.807, 2.05) is 6.07 Å². The van der Waals surface area contributed by atoms with E-state index in [1.54, 1.807) is 54.6 Å². The number of aliphatic hydroxyl groups is 1. The van der Waals surface area contributed by atoms with E-state index < -0.39 is 17.7 Å². The molecule has 4 aromatic rings. The number of carbonyl (C=O) groups is 2. The predicted molar refractivity (Wildman–Crippen MR) is 180 cm³/mol. The molecule has 1 fully saturated rings. The first-order chi connectivity index (χ1) is 22.3. The molecule has 9 nitrogen and oxygen atoms in total. The fourth-order valence-corrected chi connectivity index (χ4v) is 7.54. The van der Waals surface area contributed by atoms with Gasteiger partial charge in [-0.15, -0.1) is 10.2 Å². The number of ether oxygens (including phenoxy) is 3. The van der Waals surface area contributed by atoms with E-state index in [0.717, 1.165) is 24.8 Å². The maximum Gasteiger partial charge on any atom is 0.301 e. The minimum Gasteiger partial charge on any atom is -0.507 e. The first kappa shape index (κ1) is 32.2. The molecule has 0 aliphatic carbocycles. The lowest BCUT2D eigenvalue weighted by molar-refractivity contribution is -0.132. The van der Waals surface area contributed by atoms with E-state index in [2.05, 4.69) is 17.1 Å². The van der Waals surface area contributed by atoms with Gasteiger partial charge < -0.3 is 19.3 Å². The van der Waals surface area contributed by atoms with Crippen molar-refractivity contribution in [2.45, 2.75) is 42.3 Å². The van der Waals surface area contributed by atoms with Gasteiger partial charge in [0.2, 0.25) is 5.13 Å². The minimum absolute atomic E-state index is 0.0735. The maximum atomic E-state index is 13.7. The Bertz CT molecular complexity index is 1800. The summed E-state index contributed by atoms with van der Waals surface area (Å²) >= 11 is 14.9. The highest BCUT2D eigenvalue weighted by atomic mass is 35.5. The third-order valence-corrected chi connectivity index (χ3v) is 10.1. The maximum absolute atomic E-state index is 13.7. The quantitative estimate of drug-likeness (QED) is 0.0415. The van der Waals surface area contributed by atoms with Crippen LogP contribution in [0.1, 0.15) is 48.9 Å². The summed E-state index contributed by atoms with van der Waals surface area (Å²) in [6, 6.07) is 16.4. The molecule has 1 atom stereocenters. The molecule has 1 saturated heterocycles. The first-order valence-corrected chi connectivity index (χ1v) is 17.2. The number of carbonyl (C=O) groups excluding carboxylic acids is 2. The molecule has 13 heteroatoms. The molecule has 1 aromatic heterocycles. The second-order valence-electron chi connectivity index (χ2n) is 10.5.